The first-order valence-corrected chi connectivity index (χ1v) is 13.2. The normalized spacial score (nSPS) is 26.5. The summed E-state index contributed by atoms with van der Waals surface area (Å²) in [4.78, 5) is 24.5. The number of carbonyl (C=O) groups is 2. The summed E-state index contributed by atoms with van der Waals surface area (Å²) in [6, 6.07) is 5.84. The topological polar surface area (TPSA) is 111 Å². The molecule has 0 heterocycles. The lowest BCUT2D eigenvalue weighted by atomic mass is 9.62. The lowest BCUT2D eigenvalue weighted by Gasteiger charge is -2.49. The van der Waals surface area contributed by atoms with Crippen LogP contribution in [0, 0.1) is 11.8 Å². The molecule has 35 heavy (non-hydrogen) atoms. The first kappa shape index (κ1) is 27.6. The smallest absolute Gasteiger partial charge is 0.308 e. The number of primary amides is 1. The van der Waals surface area contributed by atoms with Crippen molar-refractivity contribution in [1.29, 1.82) is 0 Å². The average Bonchev–Trinajstić information content (AvgIpc) is 2.87. The molecule has 1 saturated carbocycles. The molecule has 3 rings (SSSR count). The van der Waals surface area contributed by atoms with Crippen LogP contribution in [-0.2, 0) is 26.1 Å². The molecule has 196 valence electrons. The molecular formula is C28H44N2O5. The number of carbonyl (C=O) groups excluding carboxylic acids is 2. The number of esters is 1. The van der Waals surface area contributed by atoms with E-state index in [0.717, 1.165) is 51.4 Å². The highest BCUT2D eigenvalue weighted by Gasteiger charge is 2.47. The van der Waals surface area contributed by atoms with Gasteiger partial charge in [0.25, 0.3) is 0 Å². The Labute approximate surface area is 210 Å². The van der Waals surface area contributed by atoms with Crippen LogP contribution >= 0.6 is 0 Å². The number of aliphatic hydroxyl groups is 1. The van der Waals surface area contributed by atoms with Gasteiger partial charge in [-0.1, -0.05) is 19.9 Å². The SMILES string of the molecule is CCC1(CC)c2cc(C(N)=O)ccc2C[C@@H](OC)[C@H]1NCCC(CC1CCC(O)CC1)C(=O)OC. The van der Waals surface area contributed by atoms with Crippen molar-refractivity contribution >= 4 is 11.9 Å². The zero-order chi connectivity index (χ0) is 25.6. The molecule has 4 N–H and O–H groups in total. The Balaban J connectivity index is 1.78. The van der Waals surface area contributed by atoms with Crippen molar-refractivity contribution in [2.24, 2.45) is 17.6 Å². The molecule has 0 aliphatic heterocycles. The minimum absolute atomic E-state index is 0.0155. The van der Waals surface area contributed by atoms with Crippen LogP contribution in [-0.4, -0.2) is 56.0 Å². The third kappa shape index (κ3) is 6.07. The predicted octanol–water partition coefficient (Wildman–Crippen LogP) is 3.49. The number of nitrogens with two attached hydrogens (primary N) is 1. The first-order valence-electron chi connectivity index (χ1n) is 13.2. The molecule has 1 unspecified atom stereocenters. The second-order valence-electron chi connectivity index (χ2n) is 10.4. The van der Waals surface area contributed by atoms with Gasteiger partial charge in [-0.25, -0.2) is 0 Å². The van der Waals surface area contributed by atoms with E-state index < -0.39 is 5.91 Å². The lowest BCUT2D eigenvalue weighted by molar-refractivity contribution is -0.146. The number of ether oxygens (including phenoxy) is 2. The molecule has 0 radical (unpaired) electrons. The summed E-state index contributed by atoms with van der Waals surface area (Å²) in [7, 11) is 3.22. The van der Waals surface area contributed by atoms with Crippen molar-refractivity contribution in [3.05, 3.63) is 34.9 Å². The van der Waals surface area contributed by atoms with Gasteiger partial charge in [-0.2, -0.15) is 0 Å². The zero-order valence-electron chi connectivity index (χ0n) is 21.8. The molecular weight excluding hydrogens is 444 g/mol. The van der Waals surface area contributed by atoms with Crippen molar-refractivity contribution in [3.63, 3.8) is 0 Å². The number of fused-ring (bicyclic) bond motifs is 1. The van der Waals surface area contributed by atoms with Crippen LogP contribution in [0.3, 0.4) is 0 Å². The van der Waals surface area contributed by atoms with Gasteiger partial charge in [-0.3, -0.25) is 9.59 Å². The third-order valence-corrected chi connectivity index (χ3v) is 8.71. The highest BCUT2D eigenvalue weighted by Crippen LogP contribution is 2.44. The zero-order valence-corrected chi connectivity index (χ0v) is 21.8. The quantitative estimate of drug-likeness (QED) is 0.411. The molecule has 2 aliphatic carbocycles. The molecule has 1 aromatic rings. The molecule has 1 fully saturated rings. The van der Waals surface area contributed by atoms with Gasteiger partial charge in [0, 0.05) is 30.6 Å². The van der Waals surface area contributed by atoms with E-state index in [-0.39, 0.29) is 35.6 Å². The molecule has 0 spiro atoms. The first-order chi connectivity index (χ1) is 16.8. The number of hydrogen-bond donors (Lipinski definition) is 3. The number of nitrogens with one attached hydrogen (secondary N) is 1. The Morgan fingerprint density at radius 3 is 2.43 bits per heavy atom. The number of amides is 1. The molecule has 0 bridgehead atoms. The van der Waals surface area contributed by atoms with Gasteiger partial charge >= 0.3 is 5.97 Å². The summed E-state index contributed by atoms with van der Waals surface area (Å²) in [6.07, 6.45) is 7.38. The Morgan fingerprint density at radius 2 is 1.86 bits per heavy atom. The summed E-state index contributed by atoms with van der Waals surface area (Å²) in [5, 5.41) is 13.6. The molecule has 2 aliphatic rings. The maximum Gasteiger partial charge on any atom is 0.308 e. The fraction of sp³-hybridized carbons (Fsp3) is 0.714. The fourth-order valence-corrected chi connectivity index (χ4v) is 6.54. The minimum Gasteiger partial charge on any atom is -0.469 e. The Hall–Kier alpha value is -1.96. The minimum atomic E-state index is -0.413. The van der Waals surface area contributed by atoms with E-state index in [4.69, 9.17) is 15.2 Å². The summed E-state index contributed by atoms with van der Waals surface area (Å²) in [6.45, 7) is 5.05. The summed E-state index contributed by atoms with van der Waals surface area (Å²) >= 11 is 0. The standard InChI is InChI=1S/C28H44N2O5/c1-5-28(6-2)23-16-20(26(29)32)10-9-19(23)17-24(34-3)25(28)30-14-13-21(27(33)35-4)15-18-7-11-22(31)12-8-18/h9-10,16,18,21-22,24-25,30-31H,5-8,11-15,17H2,1-4H3,(H2,29,32)/t18?,21?,22?,24-,25-/m1/s1. The van der Waals surface area contributed by atoms with E-state index in [2.05, 4.69) is 19.2 Å². The van der Waals surface area contributed by atoms with Gasteiger partial charge in [0.15, 0.2) is 0 Å². The van der Waals surface area contributed by atoms with Crippen molar-refractivity contribution in [2.75, 3.05) is 20.8 Å². The van der Waals surface area contributed by atoms with E-state index in [0.29, 0.717) is 24.4 Å². The van der Waals surface area contributed by atoms with Crippen molar-refractivity contribution < 1.29 is 24.2 Å². The van der Waals surface area contributed by atoms with Crippen LogP contribution < -0.4 is 11.1 Å². The van der Waals surface area contributed by atoms with Gasteiger partial charge in [-0.15, -0.1) is 0 Å². The van der Waals surface area contributed by atoms with Crippen LogP contribution in [0.4, 0.5) is 0 Å². The predicted molar refractivity (Wildman–Crippen MR) is 136 cm³/mol. The van der Waals surface area contributed by atoms with Crippen molar-refractivity contribution in [1.82, 2.24) is 5.32 Å². The lowest BCUT2D eigenvalue weighted by Crippen LogP contribution is -2.59. The van der Waals surface area contributed by atoms with Gasteiger partial charge in [0.05, 0.1) is 25.2 Å². The maximum absolute atomic E-state index is 12.6. The highest BCUT2D eigenvalue weighted by molar-refractivity contribution is 5.93. The van der Waals surface area contributed by atoms with E-state index in [9.17, 15) is 14.7 Å². The molecule has 7 nitrogen and oxygen atoms in total. The monoisotopic (exact) mass is 488 g/mol. The van der Waals surface area contributed by atoms with Gasteiger partial charge in [-0.05, 0) is 87.1 Å². The summed E-state index contributed by atoms with van der Waals surface area (Å²) in [5.41, 5.74) is 8.32. The van der Waals surface area contributed by atoms with E-state index in [1.807, 2.05) is 18.2 Å². The average molecular weight is 489 g/mol. The number of methoxy groups -OCH3 is 2. The Morgan fingerprint density at radius 1 is 1.17 bits per heavy atom. The highest BCUT2D eigenvalue weighted by atomic mass is 16.5. The second-order valence-corrected chi connectivity index (χ2v) is 10.4. The van der Waals surface area contributed by atoms with Crippen LogP contribution in [0.15, 0.2) is 18.2 Å². The summed E-state index contributed by atoms with van der Waals surface area (Å²) in [5.74, 6) is -0.279. The van der Waals surface area contributed by atoms with Crippen LogP contribution in [0.1, 0.15) is 86.7 Å². The van der Waals surface area contributed by atoms with Gasteiger partial charge < -0.3 is 25.6 Å². The number of hydrogen-bond acceptors (Lipinski definition) is 6. The number of rotatable bonds is 11. The van der Waals surface area contributed by atoms with Crippen LogP contribution in [0.2, 0.25) is 0 Å². The molecule has 3 atom stereocenters. The second kappa shape index (κ2) is 12.3. The summed E-state index contributed by atoms with van der Waals surface area (Å²) < 4.78 is 11.1. The molecule has 0 saturated heterocycles. The van der Waals surface area contributed by atoms with E-state index in [1.165, 1.54) is 18.2 Å². The largest absolute Gasteiger partial charge is 0.469 e. The van der Waals surface area contributed by atoms with E-state index in [1.54, 1.807) is 7.11 Å². The molecule has 1 aromatic carbocycles. The molecule has 0 aromatic heterocycles. The number of benzene rings is 1. The molecule has 7 heteroatoms. The molecule has 1 amide bonds. The number of aliphatic hydroxyl groups excluding tert-OH is 1. The van der Waals surface area contributed by atoms with Crippen LogP contribution in [0.25, 0.3) is 0 Å². The van der Waals surface area contributed by atoms with Gasteiger partial charge in [0.1, 0.15) is 0 Å². The van der Waals surface area contributed by atoms with Gasteiger partial charge in [0.2, 0.25) is 5.91 Å². The van der Waals surface area contributed by atoms with E-state index >= 15 is 0 Å². The Bertz CT molecular complexity index is 861. The van der Waals surface area contributed by atoms with Crippen LogP contribution in [0.5, 0.6) is 0 Å². The Kier molecular flexibility index (Phi) is 9.73. The maximum atomic E-state index is 12.6. The van der Waals surface area contributed by atoms with Crippen molar-refractivity contribution in [2.45, 2.75) is 95.3 Å². The fourth-order valence-electron chi connectivity index (χ4n) is 6.54. The van der Waals surface area contributed by atoms with Crippen molar-refractivity contribution in [3.8, 4) is 0 Å². The third-order valence-electron chi connectivity index (χ3n) is 8.71.